The van der Waals surface area contributed by atoms with Gasteiger partial charge in [-0.25, -0.2) is 9.67 Å². The van der Waals surface area contributed by atoms with Crippen molar-refractivity contribution in [2.24, 2.45) is 0 Å². The van der Waals surface area contributed by atoms with Gasteiger partial charge in [-0.2, -0.15) is 4.98 Å². The first-order chi connectivity index (χ1) is 11.6. The summed E-state index contributed by atoms with van der Waals surface area (Å²) in [5.41, 5.74) is 0.776. The number of nitrogens with one attached hydrogen (secondary N) is 1. The van der Waals surface area contributed by atoms with Crippen molar-refractivity contribution < 1.29 is 4.52 Å². The molecule has 0 aliphatic rings. The van der Waals surface area contributed by atoms with Gasteiger partial charge in [0.15, 0.2) is 5.82 Å². The molecule has 0 saturated carbocycles. The van der Waals surface area contributed by atoms with Crippen LogP contribution in [-0.2, 0) is 12.8 Å². The Kier molecular flexibility index (Phi) is 4.92. The van der Waals surface area contributed by atoms with Crippen LogP contribution in [-0.4, -0.2) is 38.0 Å². The summed E-state index contributed by atoms with van der Waals surface area (Å²) in [6.07, 6.45) is 1.38. The first-order valence-electron chi connectivity index (χ1n) is 7.83. The van der Waals surface area contributed by atoms with E-state index in [0.717, 1.165) is 11.5 Å². The molecule has 0 bridgehead atoms. The number of benzene rings is 1. The first kappa shape index (κ1) is 16.6. The zero-order valence-corrected chi connectivity index (χ0v) is 14.6. The largest absolute Gasteiger partial charge is 0.330 e. The van der Waals surface area contributed by atoms with Gasteiger partial charge in [0.1, 0.15) is 5.82 Å². The van der Waals surface area contributed by atoms with Gasteiger partial charge in [0.2, 0.25) is 5.82 Å². The number of hydrogen-bond acceptors (Lipinski definition) is 6. The van der Waals surface area contributed by atoms with Crippen LogP contribution in [0.5, 0.6) is 0 Å². The predicted octanol–water partition coefficient (Wildman–Crippen LogP) is 2.68. The summed E-state index contributed by atoms with van der Waals surface area (Å²) >= 11 is 6.27. The number of hydrogen-bond donors (Lipinski definition) is 1. The fourth-order valence-corrected chi connectivity index (χ4v) is 2.50. The molecular formula is C16H19ClN6O. The Balaban J connectivity index is 1.95. The average molecular weight is 347 g/mol. The van der Waals surface area contributed by atoms with Crippen molar-refractivity contribution in [3.63, 3.8) is 0 Å². The summed E-state index contributed by atoms with van der Waals surface area (Å²) in [5, 5.41) is 12.2. The summed E-state index contributed by atoms with van der Waals surface area (Å²) < 4.78 is 7.03. The molecule has 3 rings (SSSR count). The van der Waals surface area contributed by atoms with E-state index in [0.29, 0.717) is 35.4 Å². The molecule has 1 N–H and O–H groups in total. The Bertz CT molecular complexity index is 828. The zero-order chi connectivity index (χ0) is 17.1. The number of para-hydroxylation sites is 1. The average Bonchev–Trinajstić information content (AvgIpc) is 3.21. The van der Waals surface area contributed by atoms with Gasteiger partial charge < -0.3 is 9.84 Å². The maximum atomic E-state index is 6.27. The molecule has 0 fully saturated rings. The third-order valence-corrected chi connectivity index (χ3v) is 4.03. The SMILES string of the molecule is CCc1nc(-c2nc(CC(C)NC)no2)nn1-c1ccccc1Cl. The summed E-state index contributed by atoms with van der Waals surface area (Å²) in [6.45, 7) is 4.06. The zero-order valence-electron chi connectivity index (χ0n) is 13.8. The molecule has 3 aromatic rings. The molecule has 2 aromatic heterocycles. The smallest absolute Gasteiger partial charge is 0.297 e. The van der Waals surface area contributed by atoms with E-state index in [1.807, 2.05) is 38.2 Å². The fourth-order valence-electron chi connectivity index (χ4n) is 2.28. The molecule has 2 heterocycles. The monoisotopic (exact) mass is 346 g/mol. The Morgan fingerprint density at radius 1 is 1.29 bits per heavy atom. The summed E-state index contributed by atoms with van der Waals surface area (Å²) in [7, 11) is 1.89. The van der Waals surface area contributed by atoms with Crippen molar-refractivity contribution in [2.45, 2.75) is 32.7 Å². The normalized spacial score (nSPS) is 12.5. The lowest BCUT2D eigenvalue weighted by Gasteiger charge is -2.05. The van der Waals surface area contributed by atoms with E-state index < -0.39 is 0 Å². The molecule has 24 heavy (non-hydrogen) atoms. The van der Waals surface area contributed by atoms with E-state index >= 15 is 0 Å². The third kappa shape index (κ3) is 3.32. The molecule has 1 atom stereocenters. The van der Waals surface area contributed by atoms with Crippen LogP contribution in [0.4, 0.5) is 0 Å². The minimum absolute atomic E-state index is 0.260. The molecule has 0 spiro atoms. The molecule has 0 radical (unpaired) electrons. The number of aryl methyl sites for hydroxylation is 1. The number of rotatable bonds is 6. The summed E-state index contributed by atoms with van der Waals surface area (Å²) in [5.74, 6) is 2.12. The van der Waals surface area contributed by atoms with Gasteiger partial charge in [-0.3, -0.25) is 0 Å². The standard InChI is InChI=1S/C16H19ClN6O/c1-4-14-20-15(16-19-13(22-24-16)9-10(2)18-3)21-23(14)12-8-6-5-7-11(12)17/h5-8,10,18H,4,9H2,1-3H3. The van der Waals surface area contributed by atoms with Crippen molar-refractivity contribution in [1.82, 2.24) is 30.2 Å². The van der Waals surface area contributed by atoms with Gasteiger partial charge in [0, 0.05) is 18.9 Å². The quantitative estimate of drug-likeness (QED) is 0.739. The van der Waals surface area contributed by atoms with E-state index in [4.69, 9.17) is 16.1 Å². The summed E-state index contributed by atoms with van der Waals surface area (Å²) in [4.78, 5) is 8.89. The van der Waals surface area contributed by atoms with Crippen LogP contribution < -0.4 is 5.32 Å². The Morgan fingerprint density at radius 2 is 2.08 bits per heavy atom. The van der Waals surface area contributed by atoms with Gasteiger partial charge in [-0.1, -0.05) is 35.8 Å². The van der Waals surface area contributed by atoms with Gasteiger partial charge >= 0.3 is 0 Å². The lowest BCUT2D eigenvalue weighted by molar-refractivity contribution is 0.416. The van der Waals surface area contributed by atoms with Crippen molar-refractivity contribution in [3.8, 4) is 17.4 Å². The van der Waals surface area contributed by atoms with Crippen LogP contribution >= 0.6 is 11.6 Å². The van der Waals surface area contributed by atoms with Crippen LogP contribution in [0.3, 0.4) is 0 Å². The maximum absolute atomic E-state index is 6.27. The van der Waals surface area contributed by atoms with Crippen LogP contribution in [0.1, 0.15) is 25.5 Å². The number of aromatic nitrogens is 5. The van der Waals surface area contributed by atoms with E-state index in [1.165, 1.54) is 0 Å². The van der Waals surface area contributed by atoms with Crippen molar-refractivity contribution in [2.75, 3.05) is 7.05 Å². The first-order valence-corrected chi connectivity index (χ1v) is 8.21. The lowest BCUT2D eigenvalue weighted by Crippen LogP contribution is -2.24. The Hall–Kier alpha value is -2.25. The van der Waals surface area contributed by atoms with Crippen LogP contribution in [0.15, 0.2) is 28.8 Å². The third-order valence-electron chi connectivity index (χ3n) is 3.71. The summed E-state index contributed by atoms with van der Waals surface area (Å²) in [6, 6.07) is 7.76. The molecule has 126 valence electrons. The van der Waals surface area contributed by atoms with Gasteiger partial charge in [0.25, 0.3) is 5.89 Å². The minimum atomic E-state index is 0.260. The maximum Gasteiger partial charge on any atom is 0.297 e. The van der Waals surface area contributed by atoms with Crippen LogP contribution in [0, 0.1) is 0 Å². The Labute approximate surface area is 145 Å². The van der Waals surface area contributed by atoms with Crippen molar-refractivity contribution in [3.05, 3.63) is 40.9 Å². The molecular weight excluding hydrogens is 328 g/mol. The van der Waals surface area contributed by atoms with Gasteiger partial charge in [-0.15, -0.1) is 5.10 Å². The molecule has 7 nitrogen and oxygen atoms in total. The molecule has 8 heteroatoms. The second-order valence-electron chi connectivity index (χ2n) is 5.48. The van der Waals surface area contributed by atoms with E-state index in [9.17, 15) is 0 Å². The number of halogens is 1. The lowest BCUT2D eigenvalue weighted by atomic mass is 10.2. The van der Waals surface area contributed by atoms with Gasteiger partial charge in [0.05, 0.1) is 10.7 Å². The van der Waals surface area contributed by atoms with Crippen molar-refractivity contribution in [1.29, 1.82) is 0 Å². The molecule has 1 aromatic carbocycles. The van der Waals surface area contributed by atoms with E-state index in [2.05, 4.69) is 32.5 Å². The highest BCUT2D eigenvalue weighted by Gasteiger charge is 2.19. The highest BCUT2D eigenvalue weighted by molar-refractivity contribution is 6.32. The van der Waals surface area contributed by atoms with Crippen molar-refractivity contribution >= 4 is 11.6 Å². The molecule has 1 unspecified atom stereocenters. The highest BCUT2D eigenvalue weighted by atomic mass is 35.5. The second-order valence-corrected chi connectivity index (χ2v) is 5.89. The molecule has 0 saturated heterocycles. The van der Waals surface area contributed by atoms with Crippen LogP contribution in [0.25, 0.3) is 17.4 Å². The minimum Gasteiger partial charge on any atom is -0.330 e. The number of likely N-dealkylation sites (N-methyl/N-ethyl adjacent to an activating group) is 1. The van der Waals surface area contributed by atoms with E-state index in [-0.39, 0.29) is 6.04 Å². The molecule has 0 aliphatic carbocycles. The molecule has 0 aliphatic heterocycles. The van der Waals surface area contributed by atoms with E-state index in [1.54, 1.807) is 4.68 Å². The number of nitrogens with zero attached hydrogens (tertiary/aromatic N) is 5. The predicted molar refractivity (Wildman–Crippen MR) is 91.3 cm³/mol. The Morgan fingerprint density at radius 3 is 2.79 bits per heavy atom. The second kappa shape index (κ2) is 7.11. The highest BCUT2D eigenvalue weighted by Crippen LogP contribution is 2.23. The molecule has 0 amide bonds. The van der Waals surface area contributed by atoms with Crippen LogP contribution in [0.2, 0.25) is 5.02 Å². The fraction of sp³-hybridized carbons (Fsp3) is 0.375. The topological polar surface area (TPSA) is 81.7 Å². The van der Waals surface area contributed by atoms with Gasteiger partial charge in [-0.05, 0) is 26.1 Å².